The molecule has 1 unspecified atom stereocenters. The Morgan fingerprint density at radius 2 is 1.50 bits per heavy atom. The van der Waals surface area contributed by atoms with Gasteiger partial charge in [-0.3, -0.25) is 9.52 Å². The lowest BCUT2D eigenvalue weighted by atomic mass is 9.96. The Balaban J connectivity index is 1.76. The largest absolute Gasteiger partial charge is 0.345 e. The summed E-state index contributed by atoms with van der Waals surface area (Å²) < 4.78 is 27.7. The van der Waals surface area contributed by atoms with E-state index in [0.717, 1.165) is 22.3 Å². The molecule has 3 aromatic rings. The van der Waals surface area contributed by atoms with Crippen LogP contribution in [0.25, 0.3) is 0 Å². The summed E-state index contributed by atoms with van der Waals surface area (Å²) in [7, 11) is -3.76. The smallest absolute Gasteiger partial charge is 0.261 e. The molecule has 0 spiro atoms. The molecule has 7 heteroatoms. The zero-order valence-corrected chi connectivity index (χ0v) is 20.4. The van der Waals surface area contributed by atoms with E-state index in [4.69, 9.17) is 11.6 Å². The minimum atomic E-state index is -3.76. The number of hydrogen-bond donors (Lipinski definition) is 2. The number of amides is 1. The highest BCUT2D eigenvalue weighted by Crippen LogP contribution is 2.26. The van der Waals surface area contributed by atoms with E-state index < -0.39 is 10.0 Å². The Morgan fingerprint density at radius 1 is 0.875 bits per heavy atom. The van der Waals surface area contributed by atoms with Crippen molar-refractivity contribution in [1.82, 2.24) is 5.32 Å². The molecule has 0 aliphatic carbocycles. The summed E-state index contributed by atoms with van der Waals surface area (Å²) in [5.41, 5.74) is 6.04. The predicted octanol–water partition coefficient (Wildman–Crippen LogP) is 5.87. The summed E-state index contributed by atoms with van der Waals surface area (Å²) in [4.78, 5) is 13.0. The molecule has 3 rings (SSSR count). The van der Waals surface area contributed by atoms with Crippen LogP contribution in [0.2, 0.25) is 5.02 Å². The van der Waals surface area contributed by atoms with Gasteiger partial charge in [0.05, 0.1) is 27.2 Å². The molecular weight excluding hydrogens is 444 g/mol. The van der Waals surface area contributed by atoms with Gasteiger partial charge in [0.1, 0.15) is 0 Å². The highest BCUT2D eigenvalue weighted by Gasteiger charge is 2.18. The van der Waals surface area contributed by atoms with Crippen LogP contribution in [0.3, 0.4) is 0 Å². The first-order chi connectivity index (χ1) is 15.0. The summed E-state index contributed by atoms with van der Waals surface area (Å²) in [5, 5.41) is 3.14. The monoisotopic (exact) mass is 470 g/mol. The second-order valence-corrected chi connectivity index (χ2v) is 10.2. The molecule has 5 nitrogen and oxygen atoms in total. The number of carbonyl (C=O) groups is 1. The van der Waals surface area contributed by atoms with E-state index in [1.54, 1.807) is 12.1 Å². The highest BCUT2D eigenvalue weighted by atomic mass is 35.5. The minimum Gasteiger partial charge on any atom is -0.345 e. The fraction of sp³-hybridized carbons (Fsp3) is 0.240. The maximum absolute atomic E-state index is 12.8. The Bertz CT molecular complexity index is 1270. The molecule has 0 fully saturated rings. The number of anilines is 1. The van der Waals surface area contributed by atoms with Gasteiger partial charge in [-0.2, -0.15) is 0 Å². The van der Waals surface area contributed by atoms with Crippen LogP contribution in [0, 0.1) is 27.7 Å². The maximum Gasteiger partial charge on any atom is 0.261 e. The third-order valence-electron chi connectivity index (χ3n) is 5.49. The number of sulfonamides is 1. The molecule has 32 heavy (non-hydrogen) atoms. The van der Waals surface area contributed by atoms with Gasteiger partial charge in [0.2, 0.25) is 0 Å². The van der Waals surface area contributed by atoms with Gasteiger partial charge in [-0.1, -0.05) is 41.4 Å². The first-order valence-corrected chi connectivity index (χ1v) is 12.1. The van der Waals surface area contributed by atoms with Crippen LogP contribution in [-0.2, 0) is 10.0 Å². The second-order valence-electron chi connectivity index (χ2n) is 8.10. The first kappa shape index (κ1) is 23.8. The van der Waals surface area contributed by atoms with Crippen molar-refractivity contribution in [1.29, 1.82) is 0 Å². The molecule has 0 saturated heterocycles. The van der Waals surface area contributed by atoms with Gasteiger partial charge in [-0.15, -0.1) is 0 Å². The van der Waals surface area contributed by atoms with Gasteiger partial charge < -0.3 is 5.32 Å². The molecule has 1 atom stereocenters. The van der Waals surface area contributed by atoms with Crippen molar-refractivity contribution in [3.63, 3.8) is 0 Å². The van der Waals surface area contributed by atoms with E-state index in [2.05, 4.69) is 29.1 Å². The SMILES string of the molecule is Cc1ccc(S(=O)(=O)Nc2ccc(C(=O)NC(C)c3cc(C)c(C)cc3C)c(Cl)c2)cc1. The lowest BCUT2D eigenvalue weighted by Crippen LogP contribution is -2.27. The Morgan fingerprint density at radius 3 is 2.12 bits per heavy atom. The van der Waals surface area contributed by atoms with Gasteiger partial charge in [0.25, 0.3) is 15.9 Å². The van der Waals surface area contributed by atoms with Crippen LogP contribution in [0.1, 0.15) is 51.1 Å². The maximum atomic E-state index is 12.8. The van der Waals surface area contributed by atoms with Crippen molar-refractivity contribution in [2.45, 2.75) is 45.6 Å². The summed E-state index contributed by atoms with van der Waals surface area (Å²) in [6, 6.07) is 15.0. The Labute approximate surface area is 194 Å². The van der Waals surface area contributed by atoms with Crippen LogP contribution in [-0.4, -0.2) is 14.3 Å². The number of benzene rings is 3. The standard InChI is InChI=1S/C25H27ClN2O3S/c1-15-6-9-21(10-7-15)32(30,31)28-20-8-11-22(24(26)14-20)25(29)27-19(5)23-13-17(3)16(2)12-18(23)4/h6-14,19,28H,1-5H3,(H,27,29). The lowest BCUT2D eigenvalue weighted by Gasteiger charge is -2.19. The van der Waals surface area contributed by atoms with Crippen LogP contribution in [0.15, 0.2) is 59.5 Å². The van der Waals surface area contributed by atoms with Crippen molar-refractivity contribution < 1.29 is 13.2 Å². The van der Waals surface area contributed by atoms with Gasteiger partial charge in [-0.05, 0) is 87.2 Å². The molecule has 0 aliphatic rings. The molecule has 0 aliphatic heterocycles. The first-order valence-electron chi connectivity index (χ1n) is 10.3. The fourth-order valence-corrected chi connectivity index (χ4v) is 4.81. The molecule has 3 aromatic carbocycles. The molecule has 0 aromatic heterocycles. The van der Waals surface area contributed by atoms with E-state index in [9.17, 15) is 13.2 Å². The zero-order valence-electron chi connectivity index (χ0n) is 18.8. The van der Waals surface area contributed by atoms with Gasteiger partial charge >= 0.3 is 0 Å². The van der Waals surface area contributed by atoms with Crippen LogP contribution in [0.5, 0.6) is 0 Å². The normalized spacial score (nSPS) is 12.3. The van der Waals surface area contributed by atoms with Crippen molar-refractivity contribution in [3.8, 4) is 0 Å². The summed E-state index contributed by atoms with van der Waals surface area (Å²) in [5.74, 6) is -0.326. The van der Waals surface area contributed by atoms with Gasteiger partial charge in [0.15, 0.2) is 0 Å². The number of aryl methyl sites for hydroxylation is 4. The van der Waals surface area contributed by atoms with E-state index in [1.807, 2.05) is 27.7 Å². The van der Waals surface area contributed by atoms with E-state index in [-0.39, 0.29) is 33.1 Å². The van der Waals surface area contributed by atoms with Gasteiger partial charge in [0, 0.05) is 0 Å². The van der Waals surface area contributed by atoms with Crippen molar-refractivity contribution >= 4 is 33.2 Å². The Hall–Kier alpha value is -2.83. The van der Waals surface area contributed by atoms with E-state index in [1.165, 1.54) is 35.9 Å². The lowest BCUT2D eigenvalue weighted by molar-refractivity contribution is 0.0940. The molecule has 0 saturated carbocycles. The van der Waals surface area contributed by atoms with Crippen LogP contribution < -0.4 is 10.0 Å². The fourth-order valence-electron chi connectivity index (χ4n) is 3.50. The zero-order chi connectivity index (χ0) is 23.6. The number of rotatable bonds is 6. The quantitative estimate of drug-likeness (QED) is 0.473. The number of halogens is 1. The highest BCUT2D eigenvalue weighted by molar-refractivity contribution is 7.92. The number of nitrogens with one attached hydrogen (secondary N) is 2. The Kier molecular flexibility index (Phi) is 6.96. The van der Waals surface area contributed by atoms with Crippen LogP contribution in [0.4, 0.5) is 5.69 Å². The molecule has 0 radical (unpaired) electrons. The van der Waals surface area contributed by atoms with E-state index >= 15 is 0 Å². The average molecular weight is 471 g/mol. The summed E-state index contributed by atoms with van der Waals surface area (Å²) in [6.07, 6.45) is 0. The summed E-state index contributed by atoms with van der Waals surface area (Å²) >= 11 is 6.33. The van der Waals surface area contributed by atoms with E-state index in [0.29, 0.717) is 0 Å². The van der Waals surface area contributed by atoms with Gasteiger partial charge in [-0.25, -0.2) is 8.42 Å². The molecule has 168 valence electrons. The topological polar surface area (TPSA) is 75.3 Å². The number of hydrogen-bond acceptors (Lipinski definition) is 3. The third kappa shape index (κ3) is 5.31. The molecule has 2 N–H and O–H groups in total. The number of carbonyl (C=O) groups excluding carboxylic acids is 1. The minimum absolute atomic E-state index is 0.152. The third-order valence-corrected chi connectivity index (χ3v) is 7.20. The molecule has 0 bridgehead atoms. The van der Waals surface area contributed by atoms with Crippen molar-refractivity contribution in [2.24, 2.45) is 0 Å². The van der Waals surface area contributed by atoms with Crippen molar-refractivity contribution in [2.75, 3.05) is 4.72 Å². The molecule has 1 amide bonds. The predicted molar refractivity (Wildman–Crippen MR) is 130 cm³/mol. The average Bonchev–Trinajstić information content (AvgIpc) is 2.70. The molecule has 0 heterocycles. The molecular formula is C25H27ClN2O3S. The van der Waals surface area contributed by atoms with Crippen LogP contribution >= 0.6 is 11.6 Å². The van der Waals surface area contributed by atoms with Crippen molar-refractivity contribution in [3.05, 3.63) is 93.0 Å². The second kappa shape index (κ2) is 9.35. The summed E-state index contributed by atoms with van der Waals surface area (Å²) in [6.45, 7) is 9.93.